The van der Waals surface area contributed by atoms with E-state index in [4.69, 9.17) is 4.42 Å². The molecule has 0 spiro atoms. The van der Waals surface area contributed by atoms with Crippen LogP contribution in [0.5, 0.6) is 0 Å². The third-order valence-corrected chi connectivity index (χ3v) is 5.85. The van der Waals surface area contributed by atoms with E-state index >= 15 is 0 Å². The fourth-order valence-corrected chi connectivity index (χ4v) is 3.80. The zero-order valence-electron chi connectivity index (χ0n) is 16.3. The molecule has 154 valence electrons. The number of rotatable bonds is 6. The number of carbonyl (C=O) groups excluding carboxylic acids is 3. The van der Waals surface area contributed by atoms with E-state index in [9.17, 15) is 14.4 Å². The highest BCUT2D eigenvalue weighted by molar-refractivity contribution is 8.00. The second-order valence-electron chi connectivity index (χ2n) is 6.93. The van der Waals surface area contributed by atoms with Gasteiger partial charge in [-0.15, -0.1) is 0 Å². The zero-order valence-corrected chi connectivity index (χ0v) is 17.2. The maximum atomic E-state index is 12.4. The van der Waals surface area contributed by atoms with Crippen LogP contribution in [0.2, 0.25) is 0 Å². The average molecular weight is 425 g/mol. The molecule has 2 N–H and O–H groups in total. The first-order chi connectivity index (χ1) is 14.4. The van der Waals surface area contributed by atoms with E-state index in [0.717, 1.165) is 15.9 Å². The van der Waals surface area contributed by atoms with E-state index in [1.54, 1.807) is 26.0 Å². The van der Waals surface area contributed by atoms with Gasteiger partial charge in [0.05, 0.1) is 17.5 Å². The summed E-state index contributed by atoms with van der Waals surface area (Å²) in [6.45, 7) is 3.41. The van der Waals surface area contributed by atoms with Crippen molar-refractivity contribution in [3.8, 4) is 11.6 Å². The molecule has 3 heterocycles. The first kappa shape index (κ1) is 19.9. The van der Waals surface area contributed by atoms with Crippen LogP contribution in [0.1, 0.15) is 20.3 Å². The summed E-state index contributed by atoms with van der Waals surface area (Å²) in [5.74, 6) is -0.0925. The summed E-state index contributed by atoms with van der Waals surface area (Å²) in [5, 5.41) is 4.71. The molecule has 1 fully saturated rings. The Bertz CT molecular complexity index is 1130. The predicted molar refractivity (Wildman–Crippen MR) is 110 cm³/mol. The number of nitrogens with one attached hydrogen (secondary N) is 2. The first-order valence-electron chi connectivity index (χ1n) is 9.31. The van der Waals surface area contributed by atoms with Crippen molar-refractivity contribution in [3.05, 3.63) is 42.7 Å². The fourth-order valence-electron chi connectivity index (χ4n) is 2.99. The number of urea groups is 1. The Morgan fingerprint density at radius 3 is 2.73 bits per heavy atom. The summed E-state index contributed by atoms with van der Waals surface area (Å²) in [6.07, 6.45) is 1.96. The number of fused-ring (bicyclic) bond motifs is 1. The van der Waals surface area contributed by atoms with Crippen molar-refractivity contribution in [1.82, 2.24) is 25.7 Å². The number of carbonyl (C=O) groups is 3. The van der Waals surface area contributed by atoms with Crippen LogP contribution in [0.25, 0.3) is 22.5 Å². The number of imide groups is 1. The number of hydrogen-bond acceptors (Lipinski definition) is 7. The highest BCUT2D eigenvalue weighted by Gasteiger charge is 2.47. The maximum absolute atomic E-state index is 12.4. The largest absolute Gasteiger partial charge is 0.461 e. The normalized spacial score (nSPS) is 18.7. The van der Waals surface area contributed by atoms with Gasteiger partial charge >= 0.3 is 6.03 Å². The molecule has 1 aliphatic rings. The molecule has 9 nitrogen and oxygen atoms in total. The van der Waals surface area contributed by atoms with Crippen LogP contribution < -0.4 is 10.7 Å². The number of aromatic nitrogens is 2. The number of furan rings is 1. The van der Waals surface area contributed by atoms with Crippen LogP contribution in [-0.4, -0.2) is 44.1 Å². The molecule has 10 heteroatoms. The standard InChI is InChI=1S/C20H19N5O4S/c1-3-20(2)18(27)25(19(28)23-20)24-15(26)11-30-17-12-7-4-5-8-13(12)21-16(22-17)14-9-6-10-29-14/h4-10H,3,11H2,1-2H3,(H,23,28)(H,24,26). The van der Waals surface area contributed by atoms with Crippen LogP contribution in [0.3, 0.4) is 0 Å². The molecule has 30 heavy (non-hydrogen) atoms. The lowest BCUT2D eigenvalue weighted by Gasteiger charge is -2.19. The molecule has 1 aromatic carbocycles. The lowest BCUT2D eigenvalue weighted by Crippen LogP contribution is -2.49. The molecule has 0 saturated carbocycles. The van der Waals surface area contributed by atoms with Crippen LogP contribution >= 0.6 is 11.8 Å². The Kier molecular flexibility index (Phi) is 5.17. The monoisotopic (exact) mass is 425 g/mol. The Morgan fingerprint density at radius 1 is 1.23 bits per heavy atom. The highest BCUT2D eigenvalue weighted by Crippen LogP contribution is 2.28. The predicted octanol–water partition coefficient (Wildman–Crippen LogP) is 2.73. The first-order valence-corrected chi connectivity index (χ1v) is 10.3. The molecule has 0 bridgehead atoms. The van der Waals surface area contributed by atoms with E-state index in [2.05, 4.69) is 20.7 Å². The van der Waals surface area contributed by atoms with Crippen molar-refractivity contribution in [2.75, 3.05) is 5.75 Å². The number of benzene rings is 1. The number of amides is 4. The SMILES string of the molecule is CCC1(C)NC(=O)N(NC(=O)CSc2nc(-c3ccco3)nc3ccccc23)C1=O. The number of hydrazine groups is 1. The molecule has 3 aromatic rings. The van der Waals surface area contributed by atoms with E-state index < -0.39 is 23.4 Å². The van der Waals surface area contributed by atoms with Gasteiger partial charge in [-0.2, -0.15) is 5.01 Å². The van der Waals surface area contributed by atoms with Gasteiger partial charge in [0, 0.05) is 5.39 Å². The van der Waals surface area contributed by atoms with Gasteiger partial charge in [0.25, 0.3) is 5.91 Å². The van der Waals surface area contributed by atoms with E-state index in [-0.39, 0.29) is 5.75 Å². The van der Waals surface area contributed by atoms with Gasteiger partial charge in [-0.3, -0.25) is 15.0 Å². The summed E-state index contributed by atoms with van der Waals surface area (Å²) in [7, 11) is 0. The third-order valence-electron chi connectivity index (χ3n) is 4.85. The van der Waals surface area contributed by atoms with E-state index in [0.29, 0.717) is 23.0 Å². The number of thioether (sulfide) groups is 1. The second kappa shape index (κ2) is 7.79. The summed E-state index contributed by atoms with van der Waals surface area (Å²) < 4.78 is 5.39. The van der Waals surface area contributed by atoms with Crippen molar-refractivity contribution in [2.45, 2.75) is 30.8 Å². The zero-order chi connectivity index (χ0) is 21.3. The lowest BCUT2D eigenvalue weighted by molar-refractivity contribution is -0.137. The van der Waals surface area contributed by atoms with Crippen molar-refractivity contribution < 1.29 is 18.8 Å². The number of hydrogen-bond donors (Lipinski definition) is 2. The van der Waals surface area contributed by atoms with Gasteiger partial charge in [-0.25, -0.2) is 14.8 Å². The molecular weight excluding hydrogens is 406 g/mol. The van der Waals surface area contributed by atoms with E-state index in [1.165, 1.54) is 18.0 Å². The van der Waals surface area contributed by atoms with Gasteiger partial charge in [0.2, 0.25) is 5.91 Å². The van der Waals surface area contributed by atoms with E-state index in [1.807, 2.05) is 24.3 Å². The van der Waals surface area contributed by atoms with Crippen LogP contribution in [0, 0.1) is 0 Å². The van der Waals surface area contributed by atoms with Crippen molar-refractivity contribution in [1.29, 1.82) is 0 Å². The third kappa shape index (κ3) is 3.61. The summed E-state index contributed by atoms with van der Waals surface area (Å²) >= 11 is 1.19. The molecule has 1 saturated heterocycles. The molecule has 4 amide bonds. The van der Waals surface area contributed by atoms with Crippen molar-refractivity contribution in [2.24, 2.45) is 0 Å². The second-order valence-corrected chi connectivity index (χ2v) is 7.89. The molecule has 1 aliphatic heterocycles. The minimum absolute atomic E-state index is 0.0432. The Labute approximate surface area is 176 Å². The quantitative estimate of drug-likeness (QED) is 0.354. The van der Waals surface area contributed by atoms with Gasteiger partial charge < -0.3 is 9.73 Å². The lowest BCUT2D eigenvalue weighted by atomic mass is 10.00. The van der Waals surface area contributed by atoms with Gasteiger partial charge in [-0.1, -0.05) is 36.9 Å². The van der Waals surface area contributed by atoms with Crippen molar-refractivity contribution in [3.63, 3.8) is 0 Å². The average Bonchev–Trinajstić information content (AvgIpc) is 3.36. The van der Waals surface area contributed by atoms with Gasteiger partial charge in [-0.05, 0) is 31.5 Å². The molecule has 2 aromatic heterocycles. The van der Waals surface area contributed by atoms with Crippen LogP contribution in [0.4, 0.5) is 4.79 Å². The molecule has 0 radical (unpaired) electrons. The van der Waals surface area contributed by atoms with Gasteiger partial charge in [0.1, 0.15) is 10.6 Å². The minimum Gasteiger partial charge on any atom is -0.461 e. The maximum Gasteiger partial charge on any atom is 0.344 e. The summed E-state index contributed by atoms with van der Waals surface area (Å²) in [6, 6.07) is 10.3. The van der Waals surface area contributed by atoms with Crippen LogP contribution in [-0.2, 0) is 9.59 Å². The molecule has 1 unspecified atom stereocenters. The minimum atomic E-state index is -1.02. The van der Waals surface area contributed by atoms with Crippen molar-refractivity contribution >= 4 is 40.5 Å². The highest BCUT2D eigenvalue weighted by atomic mass is 32.2. The summed E-state index contributed by atoms with van der Waals surface area (Å²) in [4.78, 5) is 46.0. The van der Waals surface area contributed by atoms with Gasteiger partial charge in [0.15, 0.2) is 11.6 Å². The fraction of sp³-hybridized carbons (Fsp3) is 0.250. The molecule has 4 rings (SSSR count). The smallest absolute Gasteiger partial charge is 0.344 e. The Morgan fingerprint density at radius 2 is 2.03 bits per heavy atom. The Balaban J connectivity index is 1.52. The van der Waals surface area contributed by atoms with Crippen LogP contribution in [0.15, 0.2) is 52.1 Å². The topological polar surface area (TPSA) is 117 Å². The Hall–Kier alpha value is -3.40. The number of nitrogens with zero attached hydrogens (tertiary/aromatic N) is 3. The molecule has 1 atom stereocenters. The number of para-hydroxylation sites is 1. The molecular formula is C20H19N5O4S. The molecule has 0 aliphatic carbocycles. The summed E-state index contributed by atoms with van der Waals surface area (Å²) in [5.41, 5.74) is 2.08.